The van der Waals surface area contributed by atoms with Gasteiger partial charge in [0.15, 0.2) is 0 Å². The molecule has 7 heteroatoms. The van der Waals surface area contributed by atoms with E-state index in [1.54, 1.807) is 0 Å². The second-order valence-electron chi connectivity index (χ2n) is 7.03. The number of rotatable bonds is 12. The van der Waals surface area contributed by atoms with Gasteiger partial charge in [-0.15, -0.1) is 0 Å². The molecule has 0 unspecified atom stereocenters. The maximum atomic E-state index is 10.7. The Kier molecular flexibility index (Phi) is 9.09. The lowest BCUT2D eigenvalue weighted by molar-refractivity contribution is 0.173. The SMILES string of the molecule is CCCCCCCCc1ccc(O[C@H]2CN[C@@H](COP(=O)(O)O)C2)cc1. The van der Waals surface area contributed by atoms with E-state index >= 15 is 0 Å². The third-order valence-electron chi connectivity index (χ3n) is 4.67. The molecule has 1 aliphatic rings. The van der Waals surface area contributed by atoms with Crippen LogP contribution in [-0.4, -0.2) is 35.1 Å². The summed E-state index contributed by atoms with van der Waals surface area (Å²) in [6, 6.07) is 8.16. The first-order valence-electron chi connectivity index (χ1n) is 9.65. The predicted octanol–water partition coefficient (Wildman–Crippen LogP) is 3.81. The molecule has 148 valence electrons. The van der Waals surface area contributed by atoms with Crippen LogP contribution in [0, 0.1) is 0 Å². The number of benzene rings is 1. The minimum absolute atomic E-state index is 0.00946. The minimum atomic E-state index is -4.41. The molecule has 2 atom stereocenters. The summed E-state index contributed by atoms with van der Waals surface area (Å²) in [6.07, 6.45) is 9.60. The van der Waals surface area contributed by atoms with Crippen LogP contribution in [0.5, 0.6) is 5.75 Å². The van der Waals surface area contributed by atoms with Crippen molar-refractivity contribution < 1.29 is 23.6 Å². The number of ether oxygens (including phenoxy) is 1. The molecule has 1 fully saturated rings. The summed E-state index contributed by atoms with van der Waals surface area (Å²) in [5.74, 6) is 0.833. The van der Waals surface area contributed by atoms with E-state index in [4.69, 9.17) is 14.5 Å². The summed E-state index contributed by atoms with van der Waals surface area (Å²) in [6.45, 7) is 2.87. The average molecular weight is 385 g/mol. The zero-order chi connectivity index (χ0) is 18.8. The fourth-order valence-corrected chi connectivity index (χ4v) is 3.60. The predicted molar refractivity (Wildman–Crippen MR) is 102 cm³/mol. The molecule has 0 radical (unpaired) electrons. The highest BCUT2D eigenvalue weighted by Crippen LogP contribution is 2.36. The van der Waals surface area contributed by atoms with Gasteiger partial charge < -0.3 is 19.8 Å². The molecule has 0 bridgehead atoms. The number of nitrogens with one attached hydrogen (secondary N) is 1. The normalized spacial score (nSPS) is 20.4. The zero-order valence-electron chi connectivity index (χ0n) is 15.6. The fourth-order valence-electron chi connectivity index (χ4n) is 3.22. The first-order valence-corrected chi connectivity index (χ1v) is 11.2. The topological polar surface area (TPSA) is 88.0 Å². The molecule has 1 heterocycles. The fraction of sp³-hybridized carbons (Fsp3) is 0.684. The summed E-state index contributed by atoms with van der Waals surface area (Å²) in [5, 5.41) is 3.17. The molecule has 0 spiro atoms. The molecule has 1 saturated heterocycles. The summed E-state index contributed by atoms with van der Waals surface area (Å²) in [4.78, 5) is 17.5. The van der Waals surface area contributed by atoms with E-state index in [2.05, 4.69) is 28.9 Å². The van der Waals surface area contributed by atoms with Gasteiger partial charge in [-0.05, 0) is 30.5 Å². The molecule has 0 amide bonds. The number of aryl methyl sites for hydroxylation is 1. The van der Waals surface area contributed by atoms with E-state index in [0.717, 1.165) is 12.2 Å². The molecule has 2 rings (SSSR count). The van der Waals surface area contributed by atoms with Gasteiger partial charge in [-0.2, -0.15) is 0 Å². The summed E-state index contributed by atoms with van der Waals surface area (Å²) < 4.78 is 21.2. The van der Waals surface area contributed by atoms with Crippen LogP contribution >= 0.6 is 7.82 Å². The summed E-state index contributed by atoms with van der Waals surface area (Å²) in [5.41, 5.74) is 1.34. The third-order valence-corrected chi connectivity index (χ3v) is 5.16. The maximum Gasteiger partial charge on any atom is 0.469 e. The lowest BCUT2D eigenvalue weighted by Crippen LogP contribution is -2.26. The Morgan fingerprint density at radius 2 is 1.81 bits per heavy atom. The van der Waals surface area contributed by atoms with Gasteiger partial charge in [-0.25, -0.2) is 4.57 Å². The van der Waals surface area contributed by atoms with Crippen molar-refractivity contribution in [2.24, 2.45) is 0 Å². The van der Waals surface area contributed by atoms with E-state index in [1.165, 1.54) is 44.1 Å². The van der Waals surface area contributed by atoms with Gasteiger partial charge in [-0.1, -0.05) is 51.2 Å². The largest absolute Gasteiger partial charge is 0.489 e. The molecule has 0 aromatic heterocycles. The maximum absolute atomic E-state index is 10.7. The summed E-state index contributed by atoms with van der Waals surface area (Å²) in [7, 11) is -4.41. The summed E-state index contributed by atoms with van der Waals surface area (Å²) >= 11 is 0. The Bertz CT molecular complexity index is 560. The van der Waals surface area contributed by atoms with Crippen LogP contribution in [0.3, 0.4) is 0 Å². The van der Waals surface area contributed by atoms with Crippen LogP contribution in [0.1, 0.15) is 57.4 Å². The molecular formula is C19H32NO5P. The number of hydrogen-bond donors (Lipinski definition) is 3. The highest BCUT2D eigenvalue weighted by Gasteiger charge is 2.28. The van der Waals surface area contributed by atoms with Crippen molar-refractivity contribution in [3.05, 3.63) is 29.8 Å². The quantitative estimate of drug-likeness (QED) is 0.375. The lowest BCUT2D eigenvalue weighted by atomic mass is 10.0. The van der Waals surface area contributed by atoms with Crippen LogP contribution in [0.15, 0.2) is 24.3 Å². The van der Waals surface area contributed by atoms with Gasteiger partial charge in [0, 0.05) is 19.0 Å². The van der Waals surface area contributed by atoms with Crippen molar-refractivity contribution in [2.45, 2.75) is 70.4 Å². The van der Waals surface area contributed by atoms with Crippen molar-refractivity contribution in [3.8, 4) is 5.75 Å². The molecule has 6 nitrogen and oxygen atoms in total. The zero-order valence-corrected chi connectivity index (χ0v) is 16.5. The molecular weight excluding hydrogens is 353 g/mol. The standard InChI is InChI=1S/C19H32NO5P/c1-2-3-4-5-6-7-8-16-9-11-18(12-10-16)25-19-13-17(20-14-19)15-24-26(21,22)23/h9-12,17,19-20H,2-8,13-15H2,1H3,(H2,21,22,23)/t17-,19-/m1/s1. The Morgan fingerprint density at radius 1 is 1.12 bits per heavy atom. The molecule has 0 aliphatic carbocycles. The van der Waals surface area contributed by atoms with Crippen molar-refractivity contribution >= 4 is 7.82 Å². The number of hydrogen-bond acceptors (Lipinski definition) is 4. The van der Waals surface area contributed by atoms with E-state index in [0.29, 0.717) is 13.0 Å². The molecule has 3 N–H and O–H groups in total. The highest BCUT2D eigenvalue weighted by atomic mass is 31.2. The molecule has 0 saturated carbocycles. The van der Waals surface area contributed by atoms with Crippen LogP contribution in [-0.2, 0) is 15.5 Å². The Morgan fingerprint density at radius 3 is 2.50 bits per heavy atom. The molecule has 1 aromatic rings. The number of unbranched alkanes of at least 4 members (excludes halogenated alkanes) is 5. The van der Waals surface area contributed by atoms with E-state index in [1.807, 2.05) is 12.1 Å². The van der Waals surface area contributed by atoms with Gasteiger partial charge >= 0.3 is 7.82 Å². The van der Waals surface area contributed by atoms with Crippen LogP contribution in [0.25, 0.3) is 0 Å². The first kappa shape index (κ1) is 21.4. The van der Waals surface area contributed by atoms with E-state index < -0.39 is 7.82 Å². The Labute approximate surface area is 156 Å². The van der Waals surface area contributed by atoms with E-state index in [9.17, 15) is 4.57 Å². The second-order valence-corrected chi connectivity index (χ2v) is 8.27. The molecule has 1 aromatic carbocycles. The second kappa shape index (κ2) is 11.1. The average Bonchev–Trinajstić information content (AvgIpc) is 3.04. The van der Waals surface area contributed by atoms with Gasteiger partial charge in [-0.3, -0.25) is 4.52 Å². The smallest absolute Gasteiger partial charge is 0.469 e. The van der Waals surface area contributed by atoms with Crippen molar-refractivity contribution in [1.82, 2.24) is 5.32 Å². The van der Waals surface area contributed by atoms with Crippen LogP contribution in [0.2, 0.25) is 0 Å². The number of phosphoric acid groups is 1. The molecule has 26 heavy (non-hydrogen) atoms. The van der Waals surface area contributed by atoms with Crippen molar-refractivity contribution in [2.75, 3.05) is 13.2 Å². The lowest BCUT2D eigenvalue weighted by Gasteiger charge is -2.14. The monoisotopic (exact) mass is 385 g/mol. The van der Waals surface area contributed by atoms with Gasteiger partial charge in [0.25, 0.3) is 0 Å². The first-order chi connectivity index (χ1) is 12.5. The third kappa shape index (κ3) is 8.65. The highest BCUT2D eigenvalue weighted by molar-refractivity contribution is 7.46. The van der Waals surface area contributed by atoms with Crippen LogP contribution < -0.4 is 10.1 Å². The van der Waals surface area contributed by atoms with Crippen molar-refractivity contribution in [1.29, 1.82) is 0 Å². The van der Waals surface area contributed by atoms with Crippen LogP contribution in [0.4, 0.5) is 0 Å². The number of phosphoric ester groups is 1. The minimum Gasteiger partial charge on any atom is -0.489 e. The Hall–Kier alpha value is -0.910. The van der Waals surface area contributed by atoms with Gasteiger partial charge in [0.1, 0.15) is 11.9 Å². The van der Waals surface area contributed by atoms with Crippen molar-refractivity contribution in [3.63, 3.8) is 0 Å². The van der Waals surface area contributed by atoms with Gasteiger partial charge in [0.2, 0.25) is 0 Å². The Balaban J connectivity index is 1.65. The van der Waals surface area contributed by atoms with E-state index in [-0.39, 0.29) is 18.8 Å². The van der Waals surface area contributed by atoms with Gasteiger partial charge in [0.05, 0.1) is 6.61 Å². The molecule has 1 aliphatic heterocycles.